The van der Waals surface area contributed by atoms with Crippen LogP contribution in [0.1, 0.15) is 29.1 Å². The van der Waals surface area contributed by atoms with Gasteiger partial charge in [-0.05, 0) is 43.5 Å². The summed E-state index contributed by atoms with van der Waals surface area (Å²) in [5.41, 5.74) is 0.264. The summed E-state index contributed by atoms with van der Waals surface area (Å²) in [4.78, 5) is 15.6. The molecule has 0 bridgehead atoms. The predicted octanol–water partition coefficient (Wildman–Crippen LogP) is 3.51. The molecule has 0 fully saturated rings. The van der Waals surface area contributed by atoms with E-state index in [1.54, 1.807) is 28.4 Å². The Morgan fingerprint density at radius 3 is 2.71 bits per heavy atom. The van der Waals surface area contributed by atoms with E-state index in [2.05, 4.69) is 0 Å². The Morgan fingerprint density at radius 2 is 2.14 bits per heavy atom. The highest BCUT2D eigenvalue weighted by Crippen LogP contribution is 2.26. The molecule has 112 valence electrons. The lowest BCUT2D eigenvalue weighted by Gasteiger charge is -2.26. The predicted molar refractivity (Wildman–Crippen MR) is 84.0 cm³/mol. The van der Waals surface area contributed by atoms with E-state index in [0.29, 0.717) is 12.3 Å². The van der Waals surface area contributed by atoms with Crippen LogP contribution in [0.2, 0.25) is 0 Å². The zero-order valence-corrected chi connectivity index (χ0v) is 13.2. The number of phenolic OH excluding ortho intramolecular Hbond substituents is 1. The van der Waals surface area contributed by atoms with Crippen molar-refractivity contribution < 1.29 is 14.6 Å². The summed E-state index contributed by atoms with van der Waals surface area (Å²) in [5, 5.41) is 11.9. The van der Waals surface area contributed by atoms with Gasteiger partial charge in [-0.15, -0.1) is 11.3 Å². The van der Waals surface area contributed by atoms with Crippen LogP contribution in [-0.2, 0) is 6.54 Å². The smallest absolute Gasteiger partial charge is 0.258 e. The lowest BCUT2D eigenvalue weighted by atomic mass is 10.1. The molecule has 1 aromatic carbocycles. The molecule has 0 spiro atoms. The Labute approximate surface area is 128 Å². The molecule has 0 unspecified atom stereocenters. The third-order valence-corrected chi connectivity index (χ3v) is 4.09. The minimum Gasteiger partial charge on any atom is -0.507 e. The Morgan fingerprint density at radius 1 is 1.38 bits per heavy atom. The number of benzene rings is 1. The zero-order valence-electron chi connectivity index (χ0n) is 12.4. The molecule has 2 rings (SSSR count). The van der Waals surface area contributed by atoms with Gasteiger partial charge in [-0.25, -0.2) is 0 Å². The summed E-state index contributed by atoms with van der Waals surface area (Å²) in [5.74, 6) is 0.323. The van der Waals surface area contributed by atoms with E-state index in [4.69, 9.17) is 4.74 Å². The van der Waals surface area contributed by atoms with Crippen molar-refractivity contribution in [1.82, 2.24) is 4.90 Å². The summed E-state index contributed by atoms with van der Waals surface area (Å²) in [6.07, 6.45) is 0. The molecule has 4 nitrogen and oxygen atoms in total. The van der Waals surface area contributed by atoms with E-state index in [0.717, 1.165) is 4.88 Å². The first-order valence-electron chi connectivity index (χ1n) is 6.73. The van der Waals surface area contributed by atoms with Crippen LogP contribution >= 0.6 is 11.3 Å². The highest BCUT2D eigenvalue weighted by atomic mass is 32.1. The number of aromatic hydroxyl groups is 1. The van der Waals surface area contributed by atoms with Crippen LogP contribution in [0.4, 0.5) is 0 Å². The Balaban J connectivity index is 2.30. The largest absolute Gasteiger partial charge is 0.507 e. The number of nitrogens with zero attached hydrogens (tertiary/aromatic N) is 1. The Kier molecular flexibility index (Phi) is 4.85. The highest BCUT2D eigenvalue weighted by Gasteiger charge is 2.22. The Bertz CT molecular complexity index is 608. The summed E-state index contributed by atoms with van der Waals surface area (Å²) in [6, 6.07) is 8.68. The van der Waals surface area contributed by atoms with Crippen LogP contribution in [-0.4, -0.2) is 29.1 Å². The maximum atomic E-state index is 12.7. The molecule has 1 N–H and O–H groups in total. The normalized spacial score (nSPS) is 10.7. The van der Waals surface area contributed by atoms with Gasteiger partial charge in [0.05, 0.1) is 19.2 Å². The fraction of sp³-hybridized carbons (Fsp3) is 0.312. The number of amides is 1. The number of rotatable bonds is 5. The number of thiophene rings is 1. The maximum Gasteiger partial charge on any atom is 0.258 e. The molecule has 0 saturated carbocycles. The van der Waals surface area contributed by atoms with Crippen molar-refractivity contribution >= 4 is 17.2 Å². The molecule has 1 amide bonds. The van der Waals surface area contributed by atoms with Gasteiger partial charge in [0.2, 0.25) is 0 Å². The number of hydrogen-bond donors (Lipinski definition) is 1. The topological polar surface area (TPSA) is 49.8 Å². The van der Waals surface area contributed by atoms with Gasteiger partial charge in [-0.2, -0.15) is 0 Å². The van der Waals surface area contributed by atoms with E-state index < -0.39 is 0 Å². The van der Waals surface area contributed by atoms with Gasteiger partial charge < -0.3 is 14.7 Å². The van der Waals surface area contributed by atoms with Crippen LogP contribution < -0.4 is 4.74 Å². The van der Waals surface area contributed by atoms with Gasteiger partial charge in [0.1, 0.15) is 11.5 Å². The number of hydrogen-bond acceptors (Lipinski definition) is 4. The standard InChI is InChI=1S/C16H19NO3S/c1-11(2)17(10-13-5-4-8-21-13)16(19)14-9-12(20-3)6-7-15(14)18/h4-9,11,18H,10H2,1-3H3. The molecular weight excluding hydrogens is 286 g/mol. The number of carbonyl (C=O) groups is 1. The average molecular weight is 305 g/mol. The third kappa shape index (κ3) is 3.55. The van der Waals surface area contributed by atoms with Gasteiger partial charge in [-0.3, -0.25) is 4.79 Å². The van der Waals surface area contributed by atoms with Crippen LogP contribution in [0.15, 0.2) is 35.7 Å². The molecule has 0 atom stereocenters. The molecular formula is C16H19NO3S. The molecule has 0 aliphatic heterocycles. The first-order chi connectivity index (χ1) is 10.0. The molecule has 2 aromatic rings. The lowest BCUT2D eigenvalue weighted by Crippen LogP contribution is -2.36. The minimum atomic E-state index is -0.199. The SMILES string of the molecule is COc1ccc(O)c(C(=O)N(Cc2cccs2)C(C)C)c1. The van der Waals surface area contributed by atoms with Crippen molar-refractivity contribution in [3.05, 3.63) is 46.2 Å². The van der Waals surface area contributed by atoms with Crippen molar-refractivity contribution in [2.45, 2.75) is 26.4 Å². The first-order valence-corrected chi connectivity index (χ1v) is 7.61. The molecule has 1 aromatic heterocycles. The van der Waals surface area contributed by atoms with Crippen LogP contribution in [0.5, 0.6) is 11.5 Å². The van der Waals surface area contributed by atoms with Crippen molar-refractivity contribution in [3.8, 4) is 11.5 Å². The van der Waals surface area contributed by atoms with Gasteiger partial charge in [0, 0.05) is 10.9 Å². The number of carbonyl (C=O) groups excluding carboxylic acids is 1. The van der Waals surface area contributed by atoms with Crippen molar-refractivity contribution in [1.29, 1.82) is 0 Å². The van der Waals surface area contributed by atoms with E-state index in [9.17, 15) is 9.90 Å². The second kappa shape index (κ2) is 6.63. The molecule has 21 heavy (non-hydrogen) atoms. The zero-order chi connectivity index (χ0) is 15.4. The van der Waals surface area contributed by atoms with Crippen LogP contribution in [0, 0.1) is 0 Å². The fourth-order valence-electron chi connectivity index (χ4n) is 2.03. The highest BCUT2D eigenvalue weighted by molar-refractivity contribution is 7.09. The summed E-state index contributed by atoms with van der Waals surface area (Å²) >= 11 is 1.61. The van der Waals surface area contributed by atoms with Gasteiger partial charge in [0.25, 0.3) is 5.91 Å². The van der Waals surface area contributed by atoms with Crippen LogP contribution in [0.25, 0.3) is 0 Å². The van der Waals surface area contributed by atoms with Crippen molar-refractivity contribution in [2.75, 3.05) is 7.11 Å². The van der Waals surface area contributed by atoms with Gasteiger partial charge in [-0.1, -0.05) is 6.07 Å². The van der Waals surface area contributed by atoms with Crippen molar-refractivity contribution in [3.63, 3.8) is 0 Å². The average Bonchev–Trinajstić information content (AvgIpc) is 2.97. The quantitative estimate of drug-likeness (QED) is 0.919. The molecule has 5 heteroatoms. The molecule has 0 aliphatic rings. The summed E-state index contributed by atoms with van der Waals surface area (Å²) < 4.78 is 5.13. The summed E-state index contributed by atoms with van der Waals surface area (Å²) in [7, 11) is 1.53. The lowest BCUT2D eigenvalue weighted by molar-refractivity contribution is 0.0689. The van der Waals surface area contributed by atoms with E-state index >= 15 is 0 Å². The van der Waals surface area contributed by atoms with Crippen molar-refractivity contribution in [2.24, 2.45) is 0 Å². The van der Waals surface area contributed by atoms with E-state index in [1.165, 1.54) is 13.2 Å². The minimum absolute atomic E-state index is 0.0300. The second-order valence-electron chi connectivity index (χ2n) is 4.99. The molecule has 0 radical (unpaired) electrons. The summed E-state index contributed by atoms with van der Waals surface area (Å²) in [6.45, 7) is 4.45. The molecule has 0 saturated heterocycles. The van der Waals surface area contributed by atoms with Crippen LogP contribution in [0.3, 0.4) is 0 Å². The molecule has 0 aliphatic carbocycles. The number of methoxy groups -OCH3 is 1. The van der Waals surface area contributed by atoms with Gasteiger partial charge in [0.15, 0.2) is 0 Å². The maximum absolute atomic E-state index is 12.7. The monoisotopic (exact) mass is 305 g/mol. The number of phenols is 1. The fourth-order valence-corrected chi connectivity index (χ4v) is 2.73. The second-order valence-corrected chi connectivity index (χ2v) is 6.02. The van der Waals surface area contributed by atoms with E-state index in [-0.39, 0.29) is 23.3 Å². The first kappa shape index (κ1) is 15.4. The number of ether oxygens (including phenoxy) is 1. The Hall–Kier alpha value is -2.01. The third-order valence-electron chi connectivity index (χ3n) is 3.22. The van der Waals surface area contributed by atoms with E-state index in [1.807, 2.05) is 31.4 Å². The van der Waals surface area contributed by atoms with Gasteiger partial charge >= 0.3 is 0 Å². The molecule has 1 heterocycles.